The van der Waals surface area contributed by atoms with E-state index in [0.29, 0.717) is 0 Å². The molecule has 1 nitrogen and oxygen atoms in total. The molecule has 0 aromatic heterocycles. The highest BCUT2D eigenvalue weighted by Crippen LogP contribution is 2.34. The summed E-state index contributed by atoms with van der Waals surface area (Å²) in [4.78, 5) is 0. The maximum atomic E-state index is 10.7. The average Bonchev–Trinajstić information content (AvgIpc) is 2.27. The summed E-state index contributed by atoms with van der Waals surface area (Å²) in [6, 6.07) is 8.16. The van der Waals surface area contributed by atoms with Gasteiger partial charge in [0, 0.05) is 0 Å². The first kappa shape index (κ1) is 12.4. The van der Waals surface area contributed by atoms with Crippen molar-refractivity contribution in [1.29, 1.82) is 0 Å². The van der Waals surface area contributed by atoms with Crippen LogP contribution in [0.25, 0.3) is 0 Å². The van der Waals surface area contributed by atoms with Crippen LogP contribution < -0.4 is 0 Å². The van der Waals surface area contributed by atoms with Crippen LogP contribution in [0.1, 0.15) is 24.0 Å². The molecular weight excluding hydrogens is 224 g/mol. The normalized spacial score (nSPS) is 23.5. The van der Waals surface area contributed by atoms with Gasteiger partial charge < -0.3 is 5.11 Å². The molecule has 0 amide bonds. The van der Waals surface area contributed by atoms with Gasteiger partial charge in [0.25, 0.3) is 0 Å². The lowest BCUT2D eigenvalue weighted by molar-refractivity contribution is 0.0805. The van der Waals surface area contributed by atoms with Crippen LogP contribution in [0, 0.1) is 11.5 Å². The zero-order chi connectivity index (χ0) is 12.5. The molecule has 0 fully saturated rings. The van der Waals surface area contributed by atoms with Gasteiger partial charge in [-0.05, 0) is 30.4 Å². The summed E-state index contributed by atoms with van der Waals surface area (Å²) < 4.78 is 0. The molecule has 1 aromatic carbocycles. The minimum absolute atomic E-state index is 0.765. The second kappa shape index (κ2) is 4.32. The molecule has 0 heterocycles. The molecule has 1 aromatic rings. The summed E-state index contributed by atoms with van der Waals surface area (Å²) in [5.74, 6) is 3.16. The fourth-order valence-electron chi connectivity index (χ4n) is 2.23. The van der Waals surface area contributed by atoms with E-state index in [1.807, 2.05) is 18.2 Å². The Kier molecular flexibility index (Phi) is 3.16. The Bertz CT molecular complexity index is 476. The van der Waals surface area contributed by atoms with E-state index in [-0.39, 0.29) is 0 Å². The van der Waals surface area contributed by atoms with Crippen LogP contribution >= 0.6 is 0 Å². The summed E-state index contributed by atoms with van der Waals surface area (Å²) in [5, 5.41) is 10.7. The third-order valence-corrected chi connectivity index (χ3v) is 3.97. The van der Waals surface area contributed by atoms with Crippen LogP contribution in [0.15, 0.2) is 24.3 Å². The third kappa shape index (κ3) is 2.80. The van der Waals surface area contributed by atoms with Crippen molar-refractivity contribution in [3.8, 4) is 11.5 Å². The van der Waals surface area contributed by atoms with E-state index in [2.05, 4.69) is 37.2 Å². The van der Waals surface area contributed by atoms with Crippen LogP contribution in [0.3, 0.4) is 0 Å². The maximum Gasteiger partial charge on any atom is 0.150 e. The van der Waals surface area contributed by atoms with Crippen LogP contribution in [0.4, 0.5) is 0 Å². The molecule has 0 radical (unpaired) electrons. The molecule has 0 aliphatic heterocycles. The number of hydrogen-bond donors (Lipinski definition) is 1. The minimum atomic E-state index is -1.43. The zero-order valence-electron chi connectivity index (χ0n) is 10.9. The third-order valence-electron chi connectivity index (χ3n) is 3.09. The monoisotopic (exact) mass is 244 g/mol. The lowest BCUT2D eigenvalue weighted by atomic mass is 9.80. The van der Waals surface area contributed by atoms with Gasteiger partial charge in [-0.25, -0.2) is 0 Å². The molecule has 90 valence electrons. The fraction of sp³-hybridized carbons (Fsp3) is 0.467. The SMILES string of the molecule is C[Si](C)(C)C#CC1(O)CCCc2ccccc21. The molecular formula is C15H20OSi. The number of aliphatic hydroxyl groups is 1. The zero-order valence-corrected chi connectivity index (χ0v) is 11.9. The number of rotatable bonds is 0. The average molecular weight is 244 g/mol. The van der Waals surface area contributed by atoms with Crippen molar-refractivity contribution in [2.45, 2.75) is 44.5 Å². The van der Waals surface area contributed by atoms with Gasteiger partial charge in [0.15, 0.2) is 5.60 Å². The quantitative estimate of drug-likeness (QED) is 0.549. The summed E-state index contributed by atoms with van der Waals surface area (Å²) >= 11 is 0. The van der Waals surface area contributed by atoms with Gasteiger partial charge in [-0.15, -0.1) is 5.54 Å². The summed E-state index contributed by atoms with van der Waals surface area (Å²) in [5.41, 5.74) is 4.68. The van der Waals surface area contributed by atoms with Gasteiger partial charge in [-0.3, -0.25) is 0 Å². The molecule has 2 rings (SSSR count). The van der Waals surface area contributed by atoms with Gasteiger partial charge in [-0.2, -0.15) is 0 Å². The van der Waals surface area contributed by atoms with E-state index in [1.54, 1.807) is 0 Å². The summed E-state index contributed by atoms with van der Waals surface area (Å²) in [6.45, 7) is 6.62. The molecule has 0 saturated heterocycles. The van der Waals surface area contributed by atoms with Crippen molar-refractivity contribution < 1.29 is 5.11 Å². The van der Waals surface area contributed by atoms with Gasteiger partial charge in [0.05, 0.1) is 0 Å². The van der Waals surface area contributed by atoms with Gasteiger partial charge in [-0.1, -0.05) is 49.8 Å². The van der Waals surface area contributed by atoms with E-state index < -0.39 is 13.7 Å². The Balaban J connectivity index is 2.42. The predicted molar refractivity (Wildman–Crippen MR) is 74.4 cm³/mol. The van der Waals surface area contributed by atoms with E-state index in [4.69, 9.17) is 0 Å². The molecule has 0 saturated carbocycles. The van der Waals surface area contributed by atoms with Crippen molar-refractivity contribution >= 4 is 8.07 Å². The highest BCUT2D eigenvalue weighted by atomic mass is 28.3. The van der Waals surface area contributed by atoms with Crippen molar-refractivity contribution in [1.82, 2.24) is 0 Å². The largest absolute Gasteiger partial charge is 0.373 e. The first-order valence-electron chi connectivity index (χ1n) is 6.26. The molecule has 1 atom stereocenters. The first-order valence-corrected chi connectivity index (χ1v) is 9.76. The molecule has 2 heteroatoms. The van der Waals surface area contributed by atoms with E-state index in [1.165, 1.54) is 5.56 Å². The number of hydrogen-bond acceptors (Lipinski definition) is 1. The van der Waals surface area contributed by atoms with Crippen LogP contribution in [-0.4, -0.2) is 13.2 Å². The standard InChI is InChI=1S/C15H20OSi/c1-17(2,3)12-11-15(16)10-6-8-13-7-4-5-9-14(13)15/h4-5,7,9,16H,6,8,10H2,1-3H3. The Morgan fingerprint density at radius 1 is 1.24 bits per heavy atom. The lowest BCUT2D eigenvalue weighted by Crippen LogP contribution is -2.30. The number of aryl methyl sites for hydroxylation is 1. The van der Waals surface area contributed by atoms with Crippen molar-refractivity contribution in [2.24, 2.45) is 0 Å². The second-order valence-electron chi connectivity index (χ2n) is 5.87. The maximum absolute atomic E-state index is 10.7. The lowest BCUT2D eigenvalue weighted by Gasteiger charge is -2.30. The fourth-order valence-corrected chi connectivity index (χ4v) is 2.81. The molecule has 1 aliphatic carbocycles. The van der Waals surface area contributed by atoms with E-state index >= 15 is 0 Å². The second-order valence-corrected chi connectivity index (χ2v) is 10.6. The van der Waals surface area contributed by atoms with Crippen LogP contribution in [0.2, 0.25) is 19.6 Å². The predicted octanol–water partition coefficient (Wildman–Crippen LogP) is 3.09. The number of benzene rings is 1. The minimum Gasteiger partial charge on any atom is -0.373 e. The Labute approximate surface area is 105 Å². The Hall–Kier alpha value is -1.04. The molecule has 17 heavy (non-hydrogen) atoms. The van der Waals surface area contributed by atoms with Gasteiger partial charge in [0.2, 0.25) is 0 Å². The van der Waals surface area contributed by atoms with E-state index in [0.717, 1.165) is 24.8 Å². The summed E-state index contributed by atoms with van der Waals surface area (Å²) in [6.07, 6.45) is 2.85. The Morgan fingerprint density at radius 3 is 2.65 bits per heavy atom. The summed E-state index contributed by atoms with van der Waals surface area (Å²) in [7, 11) is -1.43. The molecule has 1 aliphatic rings. The number of fused-ring (bicyclic) bond motifs is 1. The highest BCUT2D eigenvalue weighted by Gasteiger charge is 2.32. The Morgan fingerprint density at radius 2 is 1.94 bits per heavy atom. The topological polar surface area (TPSA) is 20.2 Å². The van der Waals surface area contributed by atoms with Crippen LogP contribution in [0.5, 0.6) is 0 Å². The first-order chi connectivity index (χ1) is 7.91. The van der Waals surface area contributed by atoms with Crippen LogP contribution in [-0.2, 0) is 12.0 Å². The molecule has 1 unspecified atom stereocenters. The van der Waals surface area contributed by atoms with Crippen molar-refractivity contribution in [2.75, 3.05) is 0 Å². The van der Waals surface area contributed by atoms with Gasteiger partial charge >= 0.3 is 0 Å². The highest BCUT2D eigenvalue weighted by molar-refractivity contribution is 6.83. The van der Waals surface area contributed by atoms with Crippen molar-refractivity contribution in [3.63, 3.8) is 0 Å². The molecule has 0 spiro atoms. The molecule has 1 N–H and O–H groups in total. The van der Waals surface area contributed by atoms with E-state index in [9.17, 15) is 5.11 Å². The smallest absolute Gasteiger partial charge is 0.150 e. The molecule has 0 bridgehead atoms. The van der Waals surface area contributed by atoms with Crippen molar-refractivity contribution in [3.05, 3.63) is 35.4 Å². The van der Waals surface area contributed by atoms with Gasteiger partial charge in [0.1, 0.15) is 8.07 Å².